The Morgan fingerprint density at radius 2 is 1.84 bits per heavy atom. The summed E-state index contributed by atoms with van der Waals surface area (Å²) in [5, 5.41) is 2.90. The van der Waals surface area contributed by atoms with E-state index in [1.165, 1.54) is 19.2 Å². The smallest absolute Gasteiger partial charge is 0.321 e. The second-order valence-corrected chi connectivity index (χ2v) is 9.20. The van der Waals surface area contributed by atoms with Gasteiger partial charge in [-0.15, -0.1) is 11.8 Å². The molecule has 0 saturated carbocycles. The summed E-state index contributed by atoms with van der Waals surface area (Å²) in [7, 11) is 3.11. The summed E-state index contributed by atoms with van der Waals surface area (Å²) in [6.45, 7) is 1.66. The van der Waals surface area contributed by atoms with Gasteiger partial charge >= 0.3 is 6.03 Å². The lowest BCUT2D eigenvalue weighted by Crippen LogP contribution is -2.54. The van der Waals surface area contributed by atoms with Crippen LogP contribution in [0.15, 0.2) is 42.5 Å². The highest BCUT2D eigenvalue weighted by molar-refractivity contribution is 8.00. The molecule has 1 spiro atoms. The predicted octanol–water partition coefficient (Wildman–Crippen LogP) is 4.06. The van der Waals surface area contributed by atoms with Crippen molar-refractivity contribution in [2.75, 3.05) is 44.9 Å². The molecule has 2 aromatic rings. The van der Waals surface area contributed by atoms with E-state index in [1.54, 1.807) is 54.1 Å². The molecule has 170 valence electrons. The fourth-order valence-electron chi connectivity index (χ4n) is 4.24. The number of urea groups is 1. The number of thioether (sulfide) groups is 1. The third-order valence-corrected chi connectivity index (χ3v) is 7.53. The third kappa shape index (κ3) is 4.34. The number of nitrogens with zero attached hydrogens (tertiary/aromatic N) is 2. The summed E-state index contributed by atoms with van der Waals surface area (Å²) in [5.74, 6) is 1.41. The van der Waals surface area contributed by atoms with Crippen LogP contribution in [0.5, 0.6) is 11.5 Å². The molecule has 7 nitrogen and oxygen atoms in total. The lowest BCUT2D eigenvalue weighted by atomic mass is 10.0. The van der Waals surface area contributed by atoms with Crippen LogP contribution in [0.1, 0.15) is 23.2 Å². The highest BCUT2D eigenvalue weighted by Crippen LogP contribution is 2.44. The third-order valence-electron chi connectivity index (χ3n) is 5.98. The van der Waals surface area contributed by atoms with Crippen LogP contribution in [0.4, 0.5) is 14.9 Å². The molecule has 0 atom stereocenters. The number of ether oxygens (including phenoxy) is 2. The largest absolute Gasteiger partial charge is 0.497 e. The van der Waals surface area contributed by atoms with Crippen LogP contribution in [0, 0.1) is 5.82 Å². The summed E-state index contributed by atoms with van der Waals surface area (Å²) in [5.41, 5.74) is 0.926. The van der Waals surface area contributed by atoms with E-state index in [9.17, 15) is 14.0 Å². The zero-order valence-electron chi connectivity index (χ0n) is 18.1. The van der Waals surface area contributed by atoms with E-state index in [1.807, 2.05) is 4.90 Å². The van der Waals surface area contributed by atoms with Crippen molar-refractivity contribution in [3.8, 4) is 11.5 Å². The minimum atomic E-state index is -0.419. The van der Waals surface area contributed by atoms with Crippen molar-refractivity contribution in [1.29, 1.82) is 0 Å². The standard InChI is InChI=1S/C23H26FN3O4S/c1-30-18-6-7-19(20(15-18)31-2)25-22(29)26-10-8-23(9-11-26)27(12-13-32-23)21(28)16-4-3-5-17(24)14-16/h3-7,14-15H,8-13H2,1-2H3,(H,25,29). The average Bonchev–Trinajstić information content (AvgIpc) is 3.21. The first-order valence-electron chi connectivity index (χ1n) is 10.5. The summed E-state index contributed by atoms with van der Waals surface area (Å²) in [6.07, 6.45) is 1.32. The molecule has 3 amide bonds. The number of anilines is 1. The molecule has 2 fully saturated rings. The van der Waals surface area contributed by atoms with Gasteiger partial charge in [0.2, 0.25) is 0 Å². The maximum absolute atomic E-state index is 13.6. The molecule has 2 aliphatic rings. The van der Waals surface area contributed by atoms with E-state index < -0.39 is 5.82 Å². The van der Waals surface area contributed by atoms with Crippen molar-refractivity contribution in [2.24, 2.45) is 0 Å². The van der Waals surface area contributed by atoms with Gasteiger partial charge in [-0.25, -0.2) is 9.18 Å². The van der Waals surface area contributed by atoms with Gasteiger partial charge in [-0.3, -0.25) is 4.79 Å². The number of likely N-dealkylation sites (tertiary alicyclic amines) is 1. The van der Waals surface area contributed by atoms with Crippen LogP contribution < -0.4 is 14.8 Å². The Morgan fingerprint density at radius 1 is 1.06 bits per heavy atom. The van der Waals surface area contributed by atoms with Crippen molar-refractivity contribution >= 4 is 29.4 Å². The SMILES string of the molecule is COc1ccc(NC(=O)N2CCC3(CC2)SCCN3C(=O)c2cccc(F)c2)c(OC)c1. The van der Waals surface area contributed by atoms with Gasteiger partial charge in [-0.2, -0.15) is 0 Å². The minimum Gasteiger partial charge on any atom is -0.497 e. The molecule has 4 rings (SSSR count). The van der Waals surface area contributed by atoms with Crippen molar-refractivity contribution in [1.82, 2.24) is 9.80 Å². The quantitative estimate of drug-likeness (QED) is 0.747. The number of rotatable bonds is 4. The van der Waals surface area contributed by atoms with Crippen molar-refractivity contribution in [2.45, 2.75) is 17.7 Å². The Balaban J connectivity index is 1.42. The molecule has 2 saturated heterocycles. The molecule has 0 unspecified atom stereocenters. The number of piperidine rings is 1. The van der Waals surface area contributed by atoms with Crippen LogP contribution in [-0.2, 0) is 0 Å². The summed E-state index contributed by atoms with van der Waals surface area (Å²) >= 11 is 1.75. The van der Waals surface area contributed by atoms with Gasteiger partial charge in [-0.1, -0.05) is 6.07 Å². The Kier molecular flexibility index (Phi) is 6.45. The number of amides is 3. The van der Waals surface area contributed by atoms with E-state index in [0.29, 0.717) is 55.2 Å². The molecule has 9 heteroatoms. The molecule has 0 aliphatic carbocycles. The molecule has 2 aromatic carbocycles. The van der Waals surface area contributed by atoms with E-state index in [2.05, 4.69) is 5.32 Å². The molecular weight excluding hydrogens is 433 g/mol. The van der Waals surface area contributed by atoms with Gasteiger partial charge in [0.15, 0.2) is 0 Å². The molecule has 0 bridgehead atoms. The number of hydrogen-bond donors (Lipinski definition) is 1. The Hall–Kier alpha value is -2.94. The van der Waals surface area contributed by atoms with Crippen LogP contribution >= 0.6 is 11.8 Å². The second kappa shape index (κ2) is 9.28. The molecule has 0 radical (unpaired) electrons. The maximum Gasteiger partial charge on any atom is 0.321 e. The lowest BCUT2D eigenvalue weighted by Gasteiger charge is -2.44. The number of halogens is 1. The molecular formula is C23H26FN3O4S. The van der Waals surface area contributed by atoms with E-state index in [4.69, 9.17) is 9.47 Å². The van der Waals surface area contributed by atoms with Crippen molar-refractivity contribution in [3.63, 3.8) is 0 Å². The van der Waals surface area contributed by atoms with Gasteiger partial charge in [-0.05, 0) is 43.2 Å². The molecule has 2 aliphatic heterocycles. The predicted molar refractivity (Wildman–Crippen MR) is 122 cm³/mol. The van der Waals surface area contributed by atoms with Crippen molar-refractivity contribution in [3.05, 3.63) is 53.8 Å². The summed E-state index contributed by atoms with van der Waals surface area (Å²) in [6, 6.07) is 10.8. The first kappa shape index (κ1) is 22.3. The zero-order valence-corrected chi connectivity index (χ0v) is 18.9. The Morgan fingerprint density at radius 3 is 2.53 bits per heavy atom. The number of carbonyl (C=O) groups excluding carboxylic acids is 2. The van der Waals surface area contributed by atoms with Gasteiger partial charge in [0, 0.05) is 37.0 Å². The fourth-order valence-corrected chi connectivity index (χ4v) is 5.70. The minimum absolute atomic E-state index is 0.157. The van der Waals surface area contributed by atoms with Crippen LogP contribution in [0.3, 0.4) is 0 Å². The number of benzene rings is 2. The highest BCUT2D eigenvalue weighted by atomic mass is 32.2. The fraction of sp³-hybridized carbons (Fsp3) is 0.391. The summed E-state index contributed by atoms with van der Waals surface area (Å²) < 4.78 is 24.2. The van der Waals surface area contributed by atoms with E-state index in [0.717, 1.165) is 5.75 Å². The number of hydrogen-bond acceptors (Lipinski definition) is 5. The Labute approximate surface area is 190 Å². The van der Waals surface area contributed by atoms with Gasteiger partial charge in [0.25, 0.3) is 5.91 Å². The van der Waals surface area contributed by atoms with Crippen LogP contribution in [-0.4, -0.2) is 66.2 Å². The molecule has 2 heterocycles. The monoisotopic (exact) mass is 459 g/mol. The number of carbonyl (C=O) groups is 2. The van der Waals surface area contributed by atoms with Gasteiger partial charge in [0.1, 0.15) is 17.3 Å². The molecule has 0 aromatic heterocycles. The number of nitrogens with one attached hydrogen (secondary N) is 1. The second-order valence-electron chi connectivity index (χ2n) is 7.75. The normalized spacial score (nSPS) is 17.3. The van der Waals surface area contributed by atoms with Gasteiger partial charge in [0.05, 0.1) is 24.8 Å². The Bertz CT molecular complexity index is 1010. The lowest BCUT2D eigenvalue weighted by molar-refractivity contribution is 0.0585. The number of methoxy groups -OCH3 is 2. The van der Waals surface area contributed by atoms with E-state index >= 15 is 0 Å². The first-order chi connectivity index (χ1) is 15.5. The topological polar surface area (TPSA) is 71.1 Å². The van der Waals surface area contributed by atoms with Crippen LogP contribution in [0.25, 0.3) is 0 Å². The molecule has 32 heavy (non-hydrogen) atoms. The summed E-state index contributed by atoms with van der Waals surface area (Å²) in [4.78, 5) is 29.2. The van der Waals surface area contributed by atoms with Gasteiger partial charge < -0.3 is 24.6 Å². The average molecular weight is 460 g/mol. The first-order valence-corrected chi connectivity index (χ1v) is 11.4. The van der Waals surface area contributed by atoms with Crippen molar-refractivity contribution < 1.29 is 23.5 Å². The zero-order chi connectivity index (χ0) is 22.7. The highest BCUT2D eigenvalue weighted by Gasteiger charge is 2.47. The maximum atomic E-state index is 13.6. The molecule has 1 N–H and O–H groups in total. The van der Waals surface area contributed by atoms with Crippen LogP contribution in [0.2, 0.25) is 0 Å². The van der Waals surface area contributed by atoms with E-state index in [-0.39, 0.29) is 16.8 Å².